The van der Waals surface area contributed by atoms with Crippen LogP contribution in [0.3, 0.4) is 0 Å². The number of thiophene rings is 1. The normalized spacial score (nSPS) is 11.1. The molecule has 0 atom stereocenters. The molecular formula is C15H15IN2O5S2. The predicted octanol–water partition coefficient (Wildman–Crippen LogP) is 2.20. The number of hydrogen-bond donors (Lipinski definition) is 2. The molecule has 0 aliphatic rings. The fourth-order valence-corrected chi connectivity index (χ4v) is 4.37. The van der Waals surface area contributed by atoms with Crippen LogP contribution in [0.25, 0.3) is 0 Å². The van der Waals surface area contributed by atoms with Gasteiger partial charge in [-0.1, -0.05) is 12.1 Å². The summed E-state index contributed by atoms with van der Waals surface area (Å²) in [7, 11) is -3.61. The van der Waals surface area contributed by atoms with Crippen molar-refractivity contribution in [1.82, 2.24) is 4.72 Å². The van der Waals surface area contributed by atoms with E-state index in [4.69, 9.17) is 4.74 Å². The van der Waals surface area contributed by atoms with E-state index in [0.29, 0.717) is 5.69 Å². The van der Waals surface area contributed by atoms with Gasteiger partial charge in [0, 0.05) is 15.8 Å². The molecule has 7 nitrogen and oxygen atoms in total. The van der Waals surface area contributed by atoms with Crippen LogP contribution in [0.15, 0.2) is 46.0 Å². The molecule has 10 heteroatoms. The van der Waals surface area contributed by atoms with Crippen molar-refractivity contribution in [2.45, 2.75) is 10.6 Å². The molecule has 0 bridgehead atoms. The highest BCUT2D eigenvalue weighted by atomic mass is 127. The first-order valence-electron chi connectivity index (χ1n) is 7.11. The number of carbonyl (C=O) groups excluding carboxylic acids is 2. The van der Waals surface area contributed by atoms with Crippen LogP contribution in [0.4, 0.5) is 5.69 Å². The van der Waals surface area contributed by atoms with Crippen LogP contribution in [0, 0.1) is 3.57 Å². The zero-order valence-corrected chi connectivity index (χ0v) is 16.7. The van der Waals surface area contributed by atoms with Crippen molar-refractivity contribution in [2.75, 3.05) is 18.5 Å². The fraction of sp³-hybridized carbons (Fsp3) is 0.200. The van der Waals surface area contributed by atoms with E-state index < -0.39 is 28.5 Å². The van der Waals surface area contributed by atoms with Gasteiger partial charge in [0.1, 0.15) is 4.21 Å². The van der Waals surface area contributed by atoms with Crippen LogP contribution >= 0.6 is 33.9 Å². The van der Waals surface area contributed by atoms with E-state index in [1.54, 1.807) is 29.6 Å². The van der Waals surface area contributed by atoms with Crippen molar-refractivity contribution in [3.05, 3.63) is 45.3 Å². The lowest BCUT2D eigenvalue weighted by molar-refractivity contribution is -0.147. The summed E-state index contributed by atoms with van der Waals surface area (Å²) in [6.07, 6.45) is -0.166. The Morgan fingerprint density at radius 1 is 1.20 bits per heavy atom. The summed E-state index contributed by atoms with van der Waals surface area (Å²) in [6.45, 7) is -0.528. The van der Waals surface area contributed by atoms with Crippen LogP contribution in [-0.2, 0) is 24.3 Å². The lowest BCUT2D eigenvalue weighted by Gasteiger charge is -2.07. The maximum atomic E-state index is 11.9. The van der Waals surface area contributed by atoms with Gasteiger partial charge in [-0.3, -0.25) is 9.59 Å². The van der Waals surface area contributed by atoms with Gasteiger partial charge in [-0.2, -0.15) is 0 Å². The molecule has 25 heavy (non-hydrogen) atoms. The number of amides is 1. The van der Waals surface area contributed by atoms with Gasteiger partial charge in [0.05, 0.1) is 6.42 Å². The summed E-state index contributed by atoms with van der Waals surface area (Å²) in [6, 6.07) is 10.3. The third-order valence-electron chi connectivity index (χ3n) is 2.85. The maximum Gasteiger partial charge on any atom is 0.307 e. The number of carbonyl (C=O) groups is 2. The Kier molecular flexibility index (Phi) is 7.35. The van der Waals surface area contributed by atoms with E-state index in [0.717, 1.165) is 14.9 Å². The van der Waals surface area contributed by atoms with Crippen LogP contribution < -0.4 is 10.0 Å². The standard InChI is InChI=1S/C15H15IN2O5S2/c16-11-3-1-4-12(9-11)18-13(19)10-23-14(20)6-7-17-25(21,22)15-5-2-8-24-15/h1-5,8-9,17H,6-7,10H2,(H,18,19). The second kappa shape index (κ2) is 9.27. The summed E-state index contributed by atoms with van der Waals surface area (Å²) in [5, 5.41) is 4.25. The van der Waals surface area contributed by atoms with Gasteiger partial charge in [-0.05, 0) is 52.2 Å². The largest absolute Gasteiger partial charge is 0.456 e. The van der Waals surface area contributed by atoms with Crippen molar-refractivity contribution in [3.8, 4) is 0 Å². The van der Waals surface area contributed by atoms with Crippen molar-refractivity contribution in [3.63, 3.8) is 0 Å². The van der Waals surface area contributed by atoms with Gasteiger partial charge in [0.2, 0.25) is 10.0 Å². The number of rotatable bonds is 8. The Hall–Kier alpha value is -1.50. The third-order valence-corrected chi connectivity index (χ3v) is 6.38. The van der Waals surface area contributed by atoms with E-state index in [-0.39, 0.29) is 17.2 Å². The number of nitrogens with one attached hydrogen (secondary N) is 2. The van der Waals surface area contributed by atoms with E-state index in [9.17, 15) is 18.0 Å². The SMILES string of the molecule is O=C(COC(=O)CCNS(=O)(=O)c1cccs1)Nc1cccc(I)c1. The molecule has 0 fully saturated rings. The van der Waals surface area contributed by atoms with Gasteiger partial charge >= 0.3 is 5.97 Å². The minimum atomic E-state index is -3.61. The fourth-order valence-electron chi connectivity index (χ4n) is 1.76. The molecule has 2 aromatic rings. The molecular weight excluding hydrogens is 479 g/mol. The Morgan fingerprint density at radius 2 is 2.00 bits per heavy atom. The highest BCUT2D eigenvalue weighted by Crippen LogP contribution is 2.15. The Balaban J connectivity index is 1.69. The minimum absolute atomic E-state index is 0.0996. The van der Waals surface area contributed by atoms with E-state index >= 15 is 0 Å². The van der Waals surface area contributed by atoms with Gasteiger partial charge in [-0.15, -0.1) is 11.3 Å². The monoisotopic (exact) mass is 494 g/mol. The molecule has 0 radical (unpaired) electrons. The molecule has 2 rings (SSSR count). The molecule has 0 unspecified atom stereocenters. The van der Waals surface area contributed by atoms with Crippen molar-refractivity contribution in [1.29, 1.82) is 0 Å². The molecule has 0 spiro atoms. The molecule has 0 saturated carbocycles. The Morgan fingerprint density at radius 3 is 2.68 bits per heavy atom. The number of ether oxygens (including phenoxy) is 1. The van der Waals surface area contributed by atoms with Crippen LogP contribution in [-0.4, -0.2) is 33.4 Å². The average molecular weight is 494 g/mol. The number of benzene rings is 1. The van der Waals surface area contributed by atoms with Crippen LogP contribution in [0.5, 0.6) is 0 Å². The first kappa shape index (κ1) is 19.8. The molecule has 0 aliphatic heterocycles. The number of anilines is 1. The molecule has 0 saturated heterocycles. The number of hydrogen-bond acceptors (Lipinski definition) is 6. The average Bonchev–Trinajstić information content (AvgIpc) is 3.08. The molecule has 2 N–H and O–H groups in total. The maximum absolute atomic E-state index is 11.9. The van der Waals surface area contributed by atoms with Gasteiger partial charge in [0.25, 0.3) is 5.91 Å². The number of esters is 1. The van der Waals surface area contributed by atoms with Crippen molar-refractivity contribution < 1.29 is 22.7 Å². The lowest BCUT2D eigenvalue weighted by Crippen LogP contribution is -2.27. The highest BCUT2D eigenvalue weighted by molar-refractivity contribution is 14.1. The molecule has 1 aromatic heterocycles. The summed E-state index contributed by atoms with van der Waals surface area (Å²) >= 11 is 3.20. The van der Waals surface area contributed by atoms with E-state index in [2.05, 4.69) is 32.6 Å². The van der Waals surface area contributed by atoms with Crippen molar-refractivity contribution >= 4 is 61.5 Å². The molecule has 1 heterocycles. The Bertz CT molecular complexity index is 837. The second-order valence-electron chi connectivity index (χ2n) is 4.80. The zero-order chi connectivity index (χ0) is 18.3. The topological polar surface area (TPSA) is 102 Å². The second-order valence-corrected chi connectivity index (χ2v) is 8.99. The first-order chi connectivity index (χ1) is 11.9. The van der Waals surface area contributed by atoms with Gasteiger partial charge in [0.15, 0.2) is 6.61 Å². The van der Waals surface area contributed by atoms with Crippen LogP contribution in [0.1, 0.15) is 6.42 Å². The van der Waals surface area contributed by atoms with Gasteiger partial charge in [-0.25, -0.2) is 13.1 Å². The van der Waals surface area contributed by atoms with Gasteiger partial charge < -0.3 is 10.1 Å². The Labute approximate surface area is 163 Å². The quantitative estimate of drug-likeness (QED) is 0.433. The van der Waals surface area contributed by atoms with E-state index in [1.165, 1.54) is 6.07 Å². The smallest absolute Gasteiger partial charge is 0.307 e. The lowest BCUT2D eigenvalue weighted by atomic mass is 10.3. The molecule has 134 valence electrons. The summed E-state index contributed by atoms with van der Waals surface area (Å²) in [4.78, 5) is 23.3. The minimum Gasteiger partial charge on any atom is -0.456 e. The van der Waals surface area contributed by atoms with E-state index in [1.807, 2.05) is 6.07 Å². The molecule has 0 aliphatic carbocycles. The zero-order valence-electron chi connectivity index (χ0n) is 12.9. The predicted molar refractivity (Wildman–Crippen MR) is 103 cm³/mol. The first-order valence-corrected chi connectivity index (χ1v) is 10.6. The highest BCUT2D eigenvalue weighted by Gasteiger charge is 2.15. The summed E-state index contributed by atoms with van der Waals surface area (Å²) in [5.74, 6) is -1.12. The third kappa shape index (κ3) is 6.72. The molecule has 1 amide bonds. The summed E-state index contributed by atoms with van der Waals surface area (Å²) < 4.78 is 32.0. The number of sulfonamides is 1. The van der Waals surface area contributed by atoms with Crippen molar-refractivity contribution in [2.24, 2.45) is 0 Å². The molecule has 1 aromatic carbocycles. The summed E-state index contributed by atoms with van der Waals surface area (Å²) in [5.41, 5.74) is 0.608. The number of halogens is 1. The van der Waals surface area contributed by atoms with Crippen LogP contribution in [0.2, 0.25) is 0 Å².